The van der Waals surface area contributed by atoms with E-state index in [0.717, 1.165) is 27.6 Å². The molecule has 1 aliphatic carbocycles. The van der Waals surface area contributed by atoms with Crippen molar-refractivity contribution in [2.45, 2.75) is 31.1 Å². The van der Waals surface area contributed by atoms with Crippen LogP contribution < -0.4 is 0 Å². The zero-order valence-corrected chi connectivity index (χ0v) is 12.4. The van der Waals surface area contributed by atoms with Crippen molar-refractivity contribution < 1.29 is 0 Å². The Kier molecular flexibility index (Phi) is 3.16. The molecule has 18 heavy (non-hydrogen) atoms. The van der Waals surface area contributed by atoms with Gasteiger partial charge < -0.3 is 4.57 Å². The molecule has 1 aromatic carbocycles. The summed E-state index contributed by atoms with van der Waals surface area (Å²) in [5, 5.41) is 10.1. The van der Waals surface area contributed by atoms with Crippen molar-refractivity contribution in [1.29, 1.82) is 0 Å². The van der Waals surface area contributed by atoms with Gasteiger partial charge in [-0.3, -0.25) is 0 Å². The largest absolute Gasteiger partial charge is 0.307 e. The average molecular weight is 327 g/mol. The Balaban J connectivity index is 2.16. The summed E-state index contributed by atoms with van der Waals surface area (Å²) in [5.41, 5.74) is 2.25. The monoisotopic (exact) mass is 325 g/mol. The molecule has 0 atom stereocenters. The quantitative estimate of drug-likeness (QED) is 0.794. The lowest BCUT2D eigenvalue weighted by Crippen LogP contribution is -2.02. The zero-order valence-electron chi connectivity index (χ0n) is 10.0. The fourth-order valence-electron chi connectivity index (χ4n) is 2.15. The molecule has 0 spiro atoms. The van der Waals surface area contributed by atoms with Crippen LogP contribution in [-0.2, 0) is 5.33 Å². The van der Waals surface area contributed by atoms with Gasteiger partial charge >= 0.3 is 0 Å². The molecular formula is C13H13BrClN3. The summed E-state index contributed by atoms with van der Waals surface area (Å²) in [6.07, 6.45) is 2.43. The van der Waals surface area contributed by atoms with Crippen molar-refractivity contribution in [3.63, 3.8) is 0 Å². The highest BCUT2D eigenvalue weighted by molar-refractivity contribution is 9.08. The van der Waals surface area contributed by atoms with Gasteiger partial charge in [0.1, 0.15) is 5.82 Å². The van der Waals surface area contributed by atoms with Crippen LogP contribution in [0.3, 0.4) is 0 Å². The van der Waals surface area contributed by atoms with Gasteiger partial charge in [0.2, 0.25) is 0 Å². The summed E-state index contributed by atoms with van der Waals surface area (Å²) in [6.45, 7) is 2.07. The third-order valence-corrected chi connectivity index (χ3v) is 3.98. The Bertz CT molecular complexity index is 590. The number of aryl methyl sites for hydroxylation is 1. The number of nitrogens with zero attached hydrogens (tertiary/aromatic N) is 3. The Morgan fingerprint density at radius 1 is 1.39 bits per heavy atom. The van der Waals surface area contributed by atoms with Gasteiger partial charge in [-0.1, -0.05) is 33.6 Å². The highest BCUT2D eigenvalue weighted by Gasteiger charge is 2.29. The van der Waals surface area contributed by atoms with Crippen molar-refractivity contribution >= 4 is 27.5 Å². The van der Waals surface area contributed by atoms with E-state index in [0.29, 0.717) is 6.04 Å². The molecule has 0 bridgehead atoms. The van der Waals surface area contributed by atoms with Gasteiger partial charge in [-0.15, -0.1) is 10.2 Å². The average Bonchev–Trinajstić information content (AvgIpc) is 3.12. The molecule has 94 valence electrons. The predicted molar refractivity (Wildman–Crippen MR) is 76.1 cm³/mol. The number of rotatable bonds is 3. The van der Waals surface area contributed by atoms with E-state index in [1.807, 2.05) is 18.2 Å². The fourth-order valence-corrected chi connectivity index (χ4v) is 2.70. The van der Waals surface area contributed by atoms with Crippen LogP contribution >= 0.6 is 27.5 Å². The Labute approximate surface area is 119 Å². The van der Waals surface area contributed by atoms with Crippen LogP contribution in [0.2, 0.25) is 5.02 Å². The molecule has 0 amide bonds. The Hall–Kier alpha value is -0.870. The van der Waals surface area contributed by atoms with Crippen LogP contribution in [0.4, 0.5) is 0 Å². The van der Waals surface area contributed by atoms with Crippen molar-refractivity contribution in [2.24, 2.45) is 0 Å². The normalized spacial score (nSPS) is 15.1. The van der Waals surface area contributed by atoms with E-state index >= 15 is 0 Å². The van der Waals surface area contributed by atoms with E-state index in [1.54, 1.807) is 0 Å². The molecular weight excluding hydrogens is 314 g/mol. The van der Waals surface area contributed by atoms with Gasteiger partial charge in [0.05, 0.1) is 5.33 Å². The first-order valence-electron chi connectivity index (χ1n) is 5.97. The number of aromatic nitrogens is 3. The van der Waals surface area contributed by atoms with E-state index < -0.39 is 0 Å². The third kappa shape index (κ3) is 2.08. The molecule has 1 aliphatic rings. The van der Waals surface area contributed by atoms with Crippen molar-refractivity contribution in [2.75, 3.05) is 0 Å². The molecule has 0 aliphatic heterocycles. The lowest BCUT2D eigenvalue weighted by atomic mass is 10.1. The lowest BCUT2D eigenvalue weighted by Gasteiger charge is -2.10. The van der Waals surface area contributed by atoms with Gasteiger partial charge in [0.25, 0.3) is 0 Å². The summed E-state index contributed by atoms with van der Waals surface area (Å²) in [4.78, 5) is 0. The van der Waals surface area contributed by atoms with Gasteiger partial charge in [0, 0.05) is 16.6 Å². The van der Waals surface area contributed by atoms with Crippen LogP contribution in [0.1, 0.15) is 30.3 Å². The maximum absolute atomic E-state index is 6.09. The number of alkyl halides is 1. The second-order valence-corrected chi connectivity index (χ2v) is 5.63. The zero-order chi connectivity index (χ0) is 12.7. The molecule has 2 aromatic rings. The Morgan fingerprint density at radius 3 is 2.83 bits per heavy atom. The standard InChI is InChI=1S/C13H13BrClN3/c1-8-2-3-9(15)6-11(8)13-17-16-12(7-14)18(13)10-4-5-10/h2-3,6,10H,4-5,7H2,1H3. The molecule has 1 fully saturated rings. The topological polar surface area (TPSA) is 30.7 Å². The maximum Gasteiger partial charge on any atom is 0.164 e. The van der Waals surface area contributed by atoms with E-state index in [2.05, 4.69) is 37.6 Å². The molecule has 3 nitrogen and oxygen atoms in total. The number of halogens is 2. The smallest absolute Gasteiger partial charge is 0.164 e. The predicted octanol–water partition coefficient (Wildman–Crippen LogP) is 4.14. The summed E-state index contributed by atoms with van der Waals surface area (Å²) in [5.74, 6) is 1.93. The fraction of sp³-hybridized carbons (Fsp3) is 0.385. The van der Waals surface area contributed by atoms with Gasteiger partial charge in [-0.05, 0) is 37.5 Å². The molecule has 1 heterocycles. The van der Waals surface area contributed by atoms with Crippen LogP contribution in [-0.4, -0.2) is 14.8 Å². The summed E-state index contributed by atoms with van der Waals surface area (Å²) in [7, 11) is 0. The van der Waals surface area contributed by atoms with Crippen LogP contribution in [0.25, 0.3) is 11.4 Å². The van der Waals surface area contributed by atoms with Crippen molar-refractivity contribution in [3.05, 3.63) is 34.6 Å². The molecule has 0 unspecified atom stereocenters. The number of benzene rings is 1. The van der Waals surface area contributed by atoms with Crippen LogP contribution in [0.5, 0.6) is 0 Å². The highest BCUT2D eigenvalue weighted by Crippen LogP contribution is 2.40. The first kappa shape index (κ1) is 12.2. The van der Waals surface area contributed by atoms with Crippen molar-refractivity contribution in [3.8, 4) is 11.4 Å². The maximum atomic E-state index is 6.09. The van der Waals surface area contributed by atoms with Gasteiger partial charge in [-0.2, -0.15) is 0 Å². The second kappa shape index (κ2) is 4.67. The Morgan fingerprint density at radius 2 is 2.17 bits per heavy atom. The van der Waals surface area contributed by atoms with E-state index in [-0.39, 0.29) is 0 Å². The minimum Gasteiger partial charge on any atom is -0.307 e. The molecule has 5 heteroatoms. The highest BCUT2D eigenvalue weighted by atomic mass is 79.9. The minimum absolute atomic E-state index is 0.556. The van der Waals surface area contributed by atoms with E-state index in [1.165, 1.54) is 18.4 Å². The van der Waals surface area contributed by atoms with Crippen LogP contribution in [0.15, 0.2) is 18.2 Å². The molecule has 0 N–H and O–H groups in total. The SMILES string of the molecule is Cc1ccc(Cl)cc1-c1nnc(CBr)n1C1CC1. The minimum atomic E-state index is 0.556. The molecule has 3 rings (SSSR count). The summed E-state index contributed by atoms with van der Waals surface area (Å²) in [6, 6.07) is 6.46. The molecule has 0 radical (unpaired) electrons. The van der Waals surface area contributed by atoms with Gasteiger partial charge in [-0.25, -0.2) is 0 Å². The second-order valence-electron chi connectivity index (χ2n) is 4.63. The number of hydrogen-bond acceptors (Lipinski definition) is 2. The summed E-state index contributed by atoms with van der Waals surface area (Å²) >= 11 is 9.56. The molecule has 1 aromatic heterocycles. The number of hydrogen-bond donors (Lipinski definition) is 0. The molecule has 0 saturated heterocycles. The van der Waals surface area contributed by atoms with E-state index in [4.69, 9.17) is 11.6 Å². The first-order chi connectivity index (χ1) is 8.70. The lowest BCUT2D eigenvalue weighted by molar-refractivity contribution is 0.714. The molecule has 1 saturated carbocycles. The summed E-state index contributed by atoms with van der Waals surface area (Å²) < 4.78 is 2.24. The van der Waals surface area contributed by atoms with Gasteiger partial charge in [0.15, 0.2) is 5.82 Å². The van der Waals surface area contributed by atoms with E-state index in [9.17, 15) is 0 Å². The third-order valence-electron chi connectivity index (χ3n) is 3.24. The van der Waals surface area contributed by atoms with Crippen molar-refractivity contribution in [1.82, 2.24) is 14.8 Å². The first-order valence-corrected chi connectivity index (χ1v) is 7.47. The van der Waals surface area contributed by atoms with Crippen LogP contribution in [0, 0.1) is 6.92 Å².